The molecule has 1 rings (SSSR count). The Bertz CT molecular complexity index is 297. The number of hydrogen-bond acceptors (Lipinski definition) is 0. The van der Waals surface area contributed by atoms with E-state index in [9.17, 15) is 0 Å². The Hall–Kier alpha value is -0.446. The normalized spacial score (nSPS) is 23.7. The van der Waals surface area contributed by atoms with Crippen molar-refractivity contribution in [3.05, 3.63) is 0 Å². The Morgan fingerprint density at radius 2 is 1.07 bits per heavy atom. The largest absolute Gasteiger partial charge is 0.107 e. The van der Waals surface area contributed by atoms with Gasteiger partial charge < -0.3 is 0 Å². The van der Waals surface area contributed by atoms with E-state index < -0.39 is 15.2 Å². The second kappa shape index (κ2) is 5.06. The predicted molar refractivity (Wildman–Crippen MR) is 74.0 cm³/mol. The second-order valence-electron chi connectivity index (χ2n) is 5.68. The Kier molecular flexibility index (Phi) is 4.25. The third kappa shape index (κ3) is 3.56. The molecule has 0 radical (unpaired) electrons. The Balaban J connectivity index is 2.87. The molecular formula is C13H22Si2. The summed E-state index contributed by atoms with van der Waals surface area (Å²) >= 11 is 0. The van der Waals surface area contributed by atoms with Crippen LogP contribution in [0.5, 0.6) is 0 Å². The van der Waals surface area contributed by atoms with Crippen molar-refractivity contribution >= 4 is 15.2 Å². The van der Waals surface area contributed by atoms with Gasteiger partial charge in [0.05, 0.1) is 15.2 Å². The van der Waals surface area contributed by atoms with Crippen LogP contribution in [0.3, 0.4) is 0 Å². The van der Waals surface area contributed by atoms with Crippen molar-refractivity contribution in [1.29, 1.82) is 0 Å². The molecule has 0 nitrogen and oxygen atoms in total. The average Bonchev–Trinajstić information content (AvgIpc) is 2.15. The smallest absolute Gasteiger partial charge is 0.0556 e. The molecule has 1 aliphatic rings. The van der Waals surface area contributed by atoms with Gasteiger partial charge in [0, 0.05) is 24.9 Å². The summed E-state index contributed by atoms with van der Waals surface area (Å²) in [6.07, 6.45) is 3.24. The fraction of sp³-hybridized carbons (Fsp3) is 0.692. The summed E-state index contributed by atoms with van der Waals surface area (Å²) in [6, 6.07) is 2.38. The molecule has 0 saturated heterocycles. The molecule has 2 heteroatoms. The lowest BCUT2D eigenvalue weighted by atomic mass is 10.2. The fourth-order valence-electron chi connectivity index (χ4n) is 1.49. The monoisotopic (exact) mass is 234 g/mol. The number of rotatable bonds is 0. The molecule has 0 N–H and O–H groups in total. The molecule has 0 amide bonds. The van der Waals surface area contributed by atoms with E-state index in [1.54, 1.807) is 0 Å². The van der Waals surface area contributed by atoms with E-state index in [0.717, 1.165) is 19.3 Å². The van der Waals surface area contributed by atoms with Crippen LogP contribution in [-0.4, -0.2) is 15.2 Å². The van der Waals surface area contributed by atoms with E-state index in [0.29, 0.717) is 0 Å². The lowest BCUT2D eigenvalue weighted by Gasteiger charge is -2.35. The van der Waals surface area contributed by atoms with Gasteiger partial charge in [-0.05, 0) is 6.42 Å². The van der Waals surface area contributed by atoms with Gasteiger partial charge in [0.1, 0.15) is 0 Å². The van der Waals surface area contributed by atoms with Crippen molar-refractivity contribution < 1.29 is 0 Å². The molecule has 0 aliphatic carbocycles. The van der Waals surface area contributed by atoms with Gasteiger partial charge in [-0.3, -0.25) is 0 Å². The Morgan fingerprint density at radius 3 is 1.47 bits per heavy atom. The first-order valence-corrected chi connectivity index (χ1v) is 13.3. The lowest BCUT2D eigenvalue weighted by Crippen LogP contribution is -2.54. The minimum absolute atomic E-state index is 1.04. The van der Waals surface area contributed by atoms with E-state index in [-0.39, 0.29) is 0 Å². The molecular weight excluding hydrogens is 212 g/mol. The van der Waals surface area contributed by atoms with Crippen LogP contribution < -0.4 is 0 Å². The predicted octanol–water partition coefficient (Wildman–Crippen LogP) is 3.67. The summed E-state index contributed by atoms with van der Waals surface area (Å²) in [4.78, 5) is 0. The highest BCUT2D eigenvalue weighted by atomic mass is 29.3. The standard InChI is InChI=1S/C13H22Si2/c1-14(2)12-10-8-6-5-7-9-11-13-15(14,3)4/h5-7,12-13H2,1-4H3. The maximum absolute atomic E-state index is 3.42. The molecule has 0 aromatic heterocycles. The van der Waals surface area contributed by atoms with Gasteiger partial charge in [-0.1, -0.05) is 26.2 Å². The molecule has 0 atom stereocenters. The summed E-state index contributed by atoms with van der Waals surface area (Å²) in [5.74, 6) is 13.5. The van der Waals surface area contributed by atoms with E-state index in [1.807, 2.05) is 0 Å². The Labute approximate surface area is 96.7 Å². The van der Waals surface area contributed by atoms with Gasteiger partial charge in [0.15, 0.2) is 0 Å². The van der Waals surface area contributed by atoms with Gasteiger partial charge in [-0.25, -0.2) is 0 Å². The summed E-state index contributed by atoms with van der Waals surface area (Å²) in [7, 11) is -2.23. The van der Waals surface area contributed by atoms with Crippen molar-refractivity contribution in [1.82, 2.24) is 0 Å². The van der Waals surface area contributed by atoms with Crippen molar-refractivity contribution in [2.45, 2.75) is 57.5 Å². The van der Waals surface area contributed by atoms with Gasteiger partial charge in [-0.15, -0.1) is 23.7 Å². The SMILES string of the molecule is C[Si]1(C)CC#CCCCC#CC[Si]1(C)C. The van der Waals surface area contributed by atoms with Gasteiger partial charge in [-0.2, -0.15) is 0 Å². The average molecular weight is 234 g/mol. The van der Waals surface area contributed by atoms with Crippen LogP contribution >= 0.6 is 0 Å². The Morgan fingerprint density at radius 1 is 0.667 bits per heavy atom. The summed E-state index contributed by atoms with van der Waals surface area (Å²) in [6.45, 7) is 10.0. The molecule has 1 aliphatic heterocycles. The van der Waals surface area contributed by atoms with Crippen molar-refractivity contribution in [2.24, 2.45) is 0 Å². The van der Waals surface area contributed by atoms with Crippen LogP contribution in [0.1, 0.15) is 19.3 Å². The third-order valence-corrected chi connectivity index (χ3v) is 21.6. The van der Waals surface area contributed by atoms with Crippen LogP contribution in [-0.2, 0) is 0 Å². The van der Waals surface area contributed by atoms with Crippen molar-refractivity contribution in [3.8, 4) is 23.7 Å². The van der Waals surface area contributed by atoms with Crippen molar-refractivity contribution in [3.63, 3.8) is 0 Å². The lowest BCUT2D eigenvalue weighted by molar-refractivity contribution is 0.903. The molecule has 0 bridgehead atoms. The fourth-order valence-corrected chi connectivity index (χ4v) is 6.98. The molecule has 0 fully saturated rings. The molecule has 0 unspecified atom stereocenters. The van der Waals surface area contributed by atoms with Crippen LogP contribution in [0.15, 0.2) is 0 Å². The zero-order valence-corrected chi connectivity index (χ0v) is 12.5. The van der Waals surface area contributed by atoms with Crippen molar-refractivity contribution in [2.75, 3.05) is 0 Å². The molecule has 15 heavy (non-hydrogen) atoms. The minimum Gasteiger partial charge on any atom is -0.107 e. The zero-order chi connectivity index (χ0) is 11.4. The molecule has 0 saturated carbocycles. The van der Waals surface area contributed by atoms with E-state index >= 15 is 0 Å². The maximum atomic E-state index is 3.42. The first-order chi connectivity index (χ1) is 6.96. The first-order valence-electron chi connectivity index (χ1n) is 5.87. The molecule has 82 valence electrons. The maximum Gasteiger partial charge on any atom is 0.0556 e. The highest BCUT2D eigenvalue weighted by molar-refractivity contribution is 7.41. The van der Waals surface area contributed by atoms with Crippen LogP contribution in [0.4, 0.5) is 0 Å². The quantitative estimate of drug-likeness (QED) is 0.443. The molecule has 0 aromatic rings. The van der Waals surface area contributed by atoms with Crippen LogP contribution in [0, 0.1) is 23.7 Å². The second-order valence-corrected chi connectivity index (χ2v) is 22.0. The van der Waals surface area contributed by atoms with E-state index in [1.165, 1.54) is 12.1 Å². The van der Waals surface area contributed by atoms with Crippen LogP contribution in [0.25, 0.3) is 0 Å². The summed E-state index contributed by atoms with van der Waals surface area (Å²) in [5, 5.41) is 0. The minimum atomic E-state index is -1.11. The zero-order valence-electron chi connectivity index (χ0n) is 10.5. The van der Waals surface area contributed by atoms with Crippen LogP contribution in [0.2, 0.25) is 38.3 Å². The summed E-state index contributed by atoms with van der Waals surface area (Å²) in [5.41, 5.74) is 0. The van der Waals surface area contributed by atoms with E-state index in [4.69, 9.17) is 0 Å². The molecule has 1 heterocycles. The molecule has 0 aromatic carbocycles. The first kappa shape index (κ1) is 12.6. The third-order valence-electron chi connectivity index (χ3n) is 3.75. The van der Waals surface area contributed by atoms with E-state index in [2.05, 4.69) is 49.9 Å². The van der Waals surface area contributed by atoms with Gasteiger partial charge >= 0.3 is 0 Å². The highest BCUT2D eigenvalue weighted by Gasteiger charge is 2.39. The molecule has 0 spiro atoms. The highest BCUT2D eigenvalue weighted by Crippen LogP contribution is 2.26. The van der Waals surface area contributed by atoms with Gasteiger partial charge in [0.25, 0.3) is 0 Å². The van der Waals surface area contributed by atoms with Gasteiger partial charge in [0.2, 0.25) is 0 Å². The summed E-state index contributed by atoms with van der Waals surface area (Å²) < 4.78 is 0. The number of hydrogen-bond donors (Lipinski definition) is 0. The topological polar surface area (TPSA) is 0 Å².